The summed E-state index contributed by atoms with van der Waals surface area (Å²) in [6.07, 6.45) is 5.56. The normalized spacial score (nSPS) is 22.8. The first-order chi connectivity index (χ1) is 11.7. The molecule has 1 heterocycles. The molecule has 1 aromatic carbocycles. The van der Waals surface area contributed by atoms with Crippen LogP contribution in [0.2, 0.25) is 0 Å². The van der Waals surface area contributed by atoms with Gasteiger partial charge in [0.05, 0.1) is 16.8 Å². The lowest BCUT2D eigenvalue weighted by Gasteiger charge is -2.32. The first kappa shape index (κ1) is 18.3. The molecule has 0 spiro atoms. The lowest BCUT2D eigenvalue weighted by Crippen LogP contribution is -2.41. The number of hydrogen-bond acceptors (Lipinski definition) is 4. The van der Waals surface area contributed by atoms with E-state index in [9.17, 15) is 9.90 Å². The second kappa shape index (κ2) is 6.65. The number of benzene rings is 1. The molecule has 1 saturated heterocycles. The summed E-state index contributed by atoms with van der Waals surface area (Å²) in [6, 6.07) is 5.21. The molecule has 136 valence electrons. The predicted octanol–water partition coefficient (Wildman–Crippen LogP) is 2.75. The van der Waals surface area contributed by atoms with Crippen LogP contribution in [0.3, 0.4) is 0 Å². The van der Waals surface area contributed by atoms with Crippen LogP contribution in [0.15, 0.2) is 18.2 Å². The Morgan fingerprint density at radius 1 is 1.12 bits per heavy atom. The summed E-state index contributed by atoms with van der Waals surface area (Å²) in [5.41, 5.74) is 0.130. The Morgan fingerprint density at radius 2 is 1.72 bits per heavy atom. The van der Waals surface area contributed by atoms with E-state index in [-0.39, 0.29) is 17.7 Å². The molecule has 0 radical (unpaired) electrons. The van der Waals surface area contributed by atoms with Crippen molar-refractivity contribution in [3.8, 4) is 5.75 Å². The number of hydrogen-bond donors (Lipinski definition) is 2. The molecule has 25 heavy (non-hydrogen) atoms. The molecule has 1 amide bonds. The number of carbonyl (C=O) groups is 1. The van der Waals surface area contributed by atoms with Crippen molar-refractivity contribution in [2.75, 3.05) is 0 Å². The number of phenolic OH excluding ortho intramolecular Hbond substituents is 1. The molecule has 1 aliphatic carbocycles. The van der Waals surface area contributed by atoms with Gasteiger partial charge in [0, 0.05) is 6.04 Å². The van der Waals surface area contributed by atoms with Gasteiger partial charge in [-0.05, 0) is 58.1 Å². The highest BCUT2D eigenvalue weighted by Gasteiger charge is 2.51. The zero-order valence-corrected chi connectivity index (χ0v) is 15.6. The number of phenols is 1. The van der Waals surface area contributed by atoms with Gasteiger partial charge < -0.3 is 19.7 Å². The van der Waals surface area contributed by atoms with Crippen molar-refractivity contribution in [1.82, 2.24) is 5.32 Å². The standard InChI is InChI=1S/C19H28BNO4/c1-18(2)19(3,4)25-20(24-18)13-10-11-15(16(22)12-13)17(23)21-14-8-6-5-7-9-14/h10-12,14,22H,5-9H2,1-4H3,(H,21,23). The molecule has 6 heteroatoms. The van der Waals surface area contributed by atoms with Gasteiger partial charge in [-0.25, -0.2) is 0 Å². The smallest absolute Gasteiger partial charge is 0.494 e. The number of nitrogens with one attached hydrogen (secondary N) is 1. The second-order valence-corrected chi connectivity index (χ2v) is 8.17. The molecule has 0 atom stereocenters. The van der Waals surface area contributed by atoms with Gasteiger partial charge >= 0.3 is 7.12 Å². The van der Waals surface area contributed by atoms with Gasteiger partial charge in [0.15, 0.2) is 0 Å². The maximum atomic E-state index is 12.4. The minimum atomic E-state index is -0.550. The summed E-state index contributed by atoms with van der Waals surface area (Å²) in [5, 5.41) is 13.4. The van der Waals surface area contributed by atoms with E-state index in [2.05, 4.69) is 5.32 Å². The zero-order chi connectivity index (χ0) is 18.2. The largest absolute Gasteiger partial charge is 0.507 e. The molecule has 1 aliphatic heterocycles. The molecular weight excluding hydrogens is 317 g/mol. The Kier molecular flexibility index (Phi) is 4.86. The van der Waals surface area contributed by atoms with Crippen LogP contribution in [0.5, 0.6) is 5.75 Å². The first-order valence-corrected chi connectivity index (χ1v) is 9.19. The fourth-order valence-corrected chi connectivity index (χ4v) is 3.38. The minimum absolute atomic E-state index is 0.0412. The van der Waals surface area contributed by atoms with Crippen LogP contribution in [-0.4, -0.2) is 35.4 Å². The van der Waals surface area contributed by atoms with Crippen molar-refractivity contribution in [3.05, 3.63) is 23.8 Å². The topological polar surface area (TPSA) is 67.8 Å². The highest BCUT2D eigenvalue weighted by Crippen LogP contribution is 2.36. The van der Waals surface area contributed by atoms with Gasteiger partial charge in [0.1, 0.15) is 5.75 Å². The molecule has 1 aromatic rings. The fourth-order valence-electron chi connectivity index (χ4n) is 3.38. The van der Waals surface area contributed by atoms with Crippen LogP contribution < -0.4 is 10.8 Å². The van der Waals surface area contributed by atoms with Crippen molar-refractivity contribution in [3.63, 3.8) is 0 Å². The van der Waals surface area contributed by atoms with Crippen molar-refractivity contribution < 1.29 is 19.2 Å². The fraction of sp³-hybridized carbons (Fsp3) is 0.632. The van der Waals surface area contributed by atoms with Crippen LogP contribution in [-0.2, 0) is 9.31 Å². The number of carbonyl (C=O) groups excluding carboxylic acids is 1. The van der Waals surface area contributed by atoms with E-state index >= 15 is 0 Å². The van der Waals surface area contributed by atoms with E-state index in [4.69, 9.17) is 9.31 Å². The van der Waals surface area contributed by atoms with Crippen LogP contribution in [0.25, 0.3) is 0 Å². The van der Waals surface area contributed by atoms with Gasteiger partial charge in [-0.3, -0.25) is 4.79 Å². The second-order valence-electron chi connectivity index (χ2n) is 8.17. The third kappa shape index (κ3) is 3.70. The predicted molar refractivity (Wildman–Crippen MR) is 98.2 cm³/mol. The zero-order valence-electron chi connectivity index (χ0n) is 15.6. The first-order valence-electron chi connectivity index (χ1n) is 9.19. The monoisotopic (exact) mass is 345 g/mol. The molecule has 5 nitrogen and oxygen atoms in total. The number of rotatable bonds is 3. The molecule has 2 aliphatic rings. The third-order valence-electron chi connectivity index (χ3n) is 5.73. The van der Waals surface area contributed by atoms with Crippen molar-refractivity contribution in [1.29, 1.82) is 0 Å². The average molecular weight is 345 g/mol. The third-order valence-corrected chi connectivity index (χ3v) is 5.73. The summed E-state index contributed by atoms with van der Waals surface area (Å²) in [4.78, 5) is 12.4. The van der Waals surface area contributed by atoms with Crippen molar-refractivity contribution in [2.45, 2.75) is 77.0 Å². The van der Waals surface area contributed by atoms with E-state index in [0.29, 0.717) is 11.0 Å². The molecule has 3 rings (SSSR count). The Bertz CT molecular complexity index is 637. The number of amides is 1. The van der Waals surface area contributed by atoms with Crippen LogP contribution in [0, 0.1) is 0 Å². The maximum absolute atomic E-state index is 12.4. The molecule has 2 fully saturated rings. The minimum Gasteiger partial charge on any atom is -0.507 e. The average Bonchev–Trinajstić information content (AvgIpc) is 2.76. The lowest BCUT2D eigenvalue weighted by atomic mass is 9.78. The molecule has 2 N–H and O–H groups in total. The summed E-state index contributed by atoms with van der Waals surface area (Å²) in [5.74, 6) is -0.259. The molecule has 0 unspecified atom stereocenters. The van der Waals surface area contributed by atoms with E-state index < -0.39 is 18.3 Å². The molecular formula is C19H28BNO4. The molecule has 0 bridgehead atoms. The van der Waals surface area contributed by atoms with Gasteiger partial charge in [-0.15, -0.1) is 0 Å². The summed E-state index contributed by atoms with van der Waals surface area (Å²) < 4.78 is 12.0. The lowest BCUT2D eigenvalue weighted by molar-refractivity contribution is 0.00578. The van der Waals surface area contributed by atoms with Crippen molar-refractivity contribution in [2.24, 2.45) is 0 Å². The number of aromatic hydroxyl groups is 1. The van der Waals surface area contributed by atoms with Gasteiger partial charge in [0.25, 0.3) is 5.91 Å². The van der Waals surface area contributed by atoms with E-state index in [1.165, 1.54) is 6.42 Å². The Labute approximate surface area is 150 Å². The Morgan fingerprint density at radius 3 is 2.28 bits per heavy atom. The van der Waals surface area contributed by atoms with Gasteiger partial charge in [-0.1, -0.05) is 25.3 Å². The highest BCUT2D eigenvalue weighted by atomic mass is 16.7. The molecule has 1 saturated carbocycles. The summed E-state index contributed by atoms with van der Waals surface area (Å²) in [7, 11) is -0.550. The Hall–Kier alpha value is -1.53. The van der Waals surface area contributed by atoms with Gasteiger partial charge in [0.2, 0.25) is 0 Å². The van der Waals surface area contributed by atoms with Gasteiger partial charge in [-0.2, -0.15) is 0 Å². The van der Waals surface area contributed by atoms with Crippen LogP contribution in [0.4, 0.5) is 0 Å². The van der Waals surface area contributed by atoms with E-state index in [1.54, 1.807) is 18.2 Å². The summed E-state index contributed by atoms with van der Waals surface area (Å²) >= 11 is 0. The van der Waals surface area contributed by atoms with E-state index in [1.807, 2.05) is 27.7 Å². The molecule has 0 aromatic heterocycles. The Balaban J connectivity index is 1.72. The summed E-state index contributed by atoms with van der Waals surface area (Å²) in [6.45, 7) is 7.94. The van der Waals surface area contributed by atoms with Crippen LogP contribution >= 0.6 is 0 Å². The van der Waals surface area contributed by atoms with Crippen molar-refractivity contribution >= 4 is 18.5 Å². The highest BCUT2D eigenvalue weighted by molar-refractivity contribution is 6.62. The SMILES string of the molecule is CC1(C)OB(c2ccc(C(=O)NC3CCCCC3)c(O)c2)OC1(C)C. The quantitative estimate of drug-likeness (QED) is 0.827. The van der Waals surface area contributed by atoms with E-state index in [0.717, 1.165) is 25.7 Å². The van der Waals surface area contributed by atoms with Crippen LogP contribution in [0.1, 0.15) is 70.2 Å². The maximum Gasteiger partial charge on any atom is 0.494 e.